The standard InChI is InChI=1S/C23H23N/c1-19(21-13-7-3-8-14-21)24-23(22-15-9-4-10-16-22)18-17-20-11-5-2-6-12-20/h2-19,23-24H,1H3/b18-17+/t19-,23?/m1/s1. The summed E-state index contributed by atoms with van der Waals surface area (Å²) < 4.78 is 0. The van der Waals surface area contributed by atoms with E-state index in [-0.39, 0.29) is 12.1 Å². The highest BCUT2D eigenvalue weighted by molar-refractivity contribution is 5.50. The molecule has 0 spiro atoms. The Hall–Kier alpha value is -2.64. The molecule has 0 heterocycles. The summed E-state index contributed by atoms with van der Waals surface area (Å²) >= 11 is 0. The molecular weight excluding hydrogens is 290 g/mol. The minimum Gasteiger partial charge on any atom is -0.300 e. The summed E-state index contributed by atoms with van der Waals surface area (Å²) in [7, 11) is 0. The molecule has 1 heteroatoms. The summed E-state index contributed by atoms with van der Waals surface area (Å²) in [5.41, 5.74) is 3.78. The van der Waals surface area contributed by atoms with E-state index in [9.17, 15) is 0 Å². The van der Waals surface area contributed by atoms with Gasteiger partial charge < -0.3 is 5.32 Å². The Bertz CT molecular complexity index is 748. The van der Waals surface area contributed by atoms with Crippen LogP contribution in [0.5, 0.6) is 0 Å². The van der Waals surface area contributed by atoms with E-state index < -0.39 is 0 Å². The molecular formula is C23H23N. The van der Waals surface area contributed by atoms with Crippen molar-refractivity contribution in [1.29, 1.82) is 0 Å². The first-order valence-electron chi connectivity index (χ1n) is 8.42. The van der Waals surface area contributed by atoms with E-state index in [4.69, 9.17) is 0 Å². The summed E-state index contributed by atoms with van der Waals surface area (Å²) in [6, 6.07) is 32.0. The van der Waals surface area contributed by atoms with Crippen LogP contribution in [0.4, 0.5) is 0 Å². The van der Waals surface area contributed by atoms with Gasteiger partial charge in [-0.3, -0.25) is 0 Å². The second kappa shape index (κ2) is 8.28. The fourth-order valence-corrected chi connectivity index (χ4v) is 2.80. The summed E-state index contributed by atoms with van der Waals surface area (Å²) in [5.74, 6) is 0. The summed E-state index contributed by atoms with van der Waals surface area (Å²) in [6.45, 7) is 2.21. The zero-order chi connectivity index (χ0) is 16.6. The molecule has 0 aliphatic heterocycles. The molecule has 3 rings (SSSR count). The smallest absolute Gasteiger partial charge is 0.0514 e. The molecule has 1 N–H and O–H groups in total. The molecule has 3 aromatic carbocycles. The minimum absolute atomic E-state index is 0.168. The Morgan fingerprint density at radius 2 is 1.17 bits per heavy atom. The molecule has 2 atom stereocenters. The van der Waals surface area contributed by atoms with Crippen LogP contribution < -0.4 is 5.32 Å². The predicted octanol–water partition coefficient (Wildman–Crippen LogP) is 5.79. The van der Waals surface area contributed by atoms with Gasteiger partial charge in [-0.15, -0.1) is 0 Å². The largest absolute Gasteiger partial charge is 0.300 e. The molecule has 0 bridgehead atoms. The maximum Gasteiger partial charge on any atom is 0.0514 e. The quantitative estimate of drug-likeness (QED) is 0.607. The molecule has 3 aromatic rings. The molecule has 120 valence electrons. The fourth-order valence-electron chi connectivity index (χ4n) is 2.80. The number of hydrogen-bond acceptors (Lipinski definition) is 1. The van der Waals surface area contributed by atoms with Crippen LogP contribution in [0.1, 0.15) is 35.7 Å². The molecule has 1 unspecified atom stereocenters. The number of nitrogens with one attached hydrogen (secondary N) is 1. The molecule has 0 saturated heterocycles. The Labute approximate surface area is 144 Å². The number of hydrogen-bond donors (Lipinski definition) is 1. The van der Waals surface area contributed by atoms with Crippen molar-refractivity contribution < 1.29 is 0 Å². The van der Waals surface area contributed by atoms with Crippen molar-refractivity contribution in [2.24, 2.45) is 0 Å². The maximum absolute atomic E-state index is 3.73. The van der Waals surface area contributed by atoms with Crippen molar-refractivity contribution in [2.45, 2.75) is 19.0 Å². The van der Waals surface area contributed by atoms with E-state index >= 15 is 0 Å². The van der Waals surface area contributed by atoms with Crippen LogP contribution in [0, 0.1) is 0 Å². The van der Waals surface area contributed by atoms with Crippen LogP contribution in [0.2, 0.25) is 0 Å². The van der Waals surface area contributed by atoms with Gasteiger partial charge in [0.05, 0.1) is 6.04 Å². The maximum atomic E-state index is 3.73. The van der Waals surface area contributed by atoms with Crippen LogP contribution in [-0.4, -0.2) is 0 Å². The first kappa shape index (κ1) is 16.2. The lowest BCUT2D eigenvalue weighted by atomic mass is 10.0. The molecule has 0 amide bonds. The van der Waals surface area contributed by atoms with Gasteiger partial charge in [-0.2, -0.15) is 0 Å². The van der Waals surface area contributed by atoms with Crippen molar-refractivity contribution in [1.82, 2.24) is 5.32 Å². The Morgan fingerprint density at radius 1 is 0.667 bits per heavy atom. The molecule has 0 aliphatic rings. The van der Waals surface area contributed by atoms with E-state index in [0.717, 1.165) is 0 Å². The second-order valence-corrected chi connectivity index (χ2v) is 5.96. The van der Waals surface area contributed by atoms with Crippen LogP contribution in [-0.2, 0) is 0 Å². The third-order valence-corrected chi connectivity index (χ3v) is 4.17. The normalized spacial score (nSPS) is 13.7. The van der Waals surface area contributed by atoms with E-state index in [1.54, 1.807) is 0 Å². The van der Waals surface area contributed by atoms with Gasteiger partial charge in [-0.25, -0.2) is 0 Å². The van der Waals surface area contributed by atoms with Gasteiger partial charge in [0, 0.05) is 6.04 Å². The molecule has 1 nitrogen and oxygen atoms in total. The Balaban J connectivity index is 1.81. The summed E-state index contributed by atoms with van der Waals surface area (Å²) in [4.78, 5) is 0. The van der Waals surface area contributed by atoms with Gasteiger partial charge in [-0.1, -0.05) is 103 Å². The van der Waals surface area contributed by atoms with Crippen LogP contribution in [0.25, 0.3) is 6.08 Å². The van der Waals surface area contributed by atoms with E-state index in [1.807, 2.05) is 6.07 Å². The first-order chi connectivity index (χ1) is 11.8. The molecule has 0 aromatic heterocycles. The molecule has 24 heavy (non-hydrogen) atoms. The fraction of sp³-hybridized carbons (Fsp3) is 0.130. The van der Waals surface area contributed by atoms with Crippen molar-refractivity contribution in [2.75, 3.05) is 0 Å². The highest BCUT2D eigenvalue weighted by Crippen LogP contribution is 2.21. The van der Waals surface area contributed by atoms with Gasteiger partial charge in [0.15, 0.2) is 0 Å². The lowest BCUT2D eigenvalue weighted by Crippen LogP contribution is -2.23. The van der Waals surface area contributed by atoms with Gasteiger partial charge in [0.2, 0.25) is 0 Å². The van der Waals surface area contributed by atoms with Gasteiger partial charge in [0.25, 0.3) is 0 Å². The highest BCUT2D eigenvalue weighted by Gasteiger charge is 2.12. The number of benzene rings is 3. The van der Waals surface area contributed by atoms with Crippen LogP contribution >= 0.6 is 0 Å². The molecule has 0 radical (unpaired) electrons. The second-order valence-electron chi connectivity index (χ2n) is 5.96. The minimum atomic E-state index is 0.168. The first-order valence-corrected chi connectivity index (χ1v) is 8.42. The summed E-state index contributed by atoms with van der Waals surface area (Å²) in [6.07, 6.45) is 4.42. The molecule has 0 saturated carbocycles. The van der Waals surface area contributed by atoms with Crippen molar-refractivity contribution >= 4 is 6.08 Å². The number of rotatable bonds is 6. The van der Waals surface area contributed by atoms with E-state index in [1.165, 1.54) is 16.7 Å². The zero-order valence-electron chi connectivity index (χ0n) is 14.0. The highest BCUT2D eigenvalue weighted by atomic mass is 14.9. The van der Waals surface area contributed by atoms with E-state index in [0.29, 0.717) is 0 Å². The predicted molar refractivity (Wildman–Crippen MR) is 103 cm³/mol. The third-order valence-electron chi connectivity index (χ3n) is 4.17. The Morgan fingerprint density at radius 3 is 1.75 bits per heavy atom. The zero-order valence-corrected chi connectivity index (χ0v) is 14.0. The van der Waals surface area contributed by atoms with Crippen molar-refractivity contribution in [3.05, 3.63) is 114 Å². The van der Waals surface area contributed by atoms with Crippen molar-refractivity contribution in [3.63, 3.8) is 0 Å². The molecule has 0 aliphatic carbocycles. The van der Waals surface area contributed by atoms with Crippen molar-refractivity contribution in [3.8, 4) is 0 Å². The average Bonchev–Trinajstić information content (AvgIpc) is 2.67. The van der Waals surface area contributed by atoms with Crippen LogP contribution in [0.15, 0.2) is 97.1 Å². The Kier molecular flexibility index (Phi) is 5.60. The van der Waals surface area contributed by atoms with E-state index in [2.05, 4.69) is 109 Å². The van der Waals surface area contributed by atoms with Crippen LogP contribution in [0.3, 0.4) is 0 Å². The van der Waals surface area contributed by atoms with Gasteiger partial charge >= 0.3 is 0 Å². The average molecular weight is 313 g/mol. The van der Waals surface area contributed by atoms with Gasteiger partial charge in [-0.05, 0) is 23.6 Å². The third kappa shape index (κ3) is 4.43. The lowest BCUT2D eigenvalue weighted by Gasteiger charge is -2.22. The SMILES string of the molecule is C[C@@H](NC(/C=C/c1ccccc1)c1ccccc1)c1ccccc1. The molecule has 0 fully saturated rings. The summed E-state index contributed by atoms with van der Waals surface area (Å²) in [5, 5.41) is 3.73. The topological polar surface area (TPSA) is 12.0 Å². The lowest BCUT2D eigenvalue weighted by molar-refractivity contribution is 0.528. The van der Waals surface area contributed by atoms with Gasteiger partial charge in [0.1, 0.15) is 0 Å². The monoisotopic (exact) mass is 313 g/mol.